The van der Waals surface area contributed by atoms with Crippen molar-refractivity contribution in [2.45, 2.75) is 19.7 Å². The number of rotatable bonds is 4. The summed E-state index contributed by atoms with van der Waals surface area (Å²) in [4.78, 5) is 4.02. The van der Waals surface area contributed by atoms with Gasteiger partial charge in [0.25, 0.3) is 0 Å². The number of aliphatic imine (C=N–C) groups is 1. The topological polar surface area (TPSA) is 54.9 Å². The number of benzene rings is 2. The third-order valence-electron chi connectivity index (χ3n) is 3.88. The van der Waals surface area contributed by atoms with Gasteiger partial charge in [-0.2, -0.15) is 0 Å². The summed E-state index contributed by atoms with van der Waals surface area (Å²) < 4.78 is 51.2. The maximum atomic E-state index is 13.8. The van der Waals surface area contributed by atoms with Gasteiger partial charge in [0.2, 0.25) is 0 Å². The lowest BCUT2D eigenvalue weighted by molar-refractivity contribution is -0.0172. The lowest BCUT2D eigenvalue weighted by Gasteiger charge is -2.21. The Morgan fingerprint density at radius 3 is 2.48 bits per heavy atom. The fraction of sp³-hybridized carbons (Fsp3) is 0.278. The zero-order chi connectivity index (χ0) is 18.5. The van der Waals surface area contributed by atoms with Gasteiger partial charge in [0.1, 0.15) is 23.2 Å². The van der Waals surface area contributed by atoms with Crippen LogP contribution in [0.2, 0.25) is 0 Å². The molecule has 27 heavy (non-hydrogen) atoms. The summed E-state index contributed by atoms with van der Waals surface area (Å²) in [5.41, 5.74) is 1.43. The lowest BCUT2D eigenvalue weighted by Crippen LogP contribution is -2.36. The normalized spacial score (nSPS) is 13.3. The predicted octanol–water partition coefficient (Wildman–Crippen LogP) is 3.45. The third-order valence-corrected chi connectivity index (χ3v) is 3.88. The zero-order valence-electron chi connectivity index (χ0n) is 14.5. The SMILES string of the molecule is CN=C(NCc1cc(F)ccc1F)NCc1cc(F)cc2c1OCOC2.I. The van der Waals surface area contributed by atoms with Crippen LogP contribution in [0.15, 0.2) is 35.3 Å². The molecule has 0 spiro atoms. The molecule has 0 aliphatic carbocycles. The van der Waals surface area contributed by atoms with E-state index in [4.69, 9.17) is 9.47 Å². The highest BCUT2D eigenvalue weighted by atomic mass is 127. The Bertz CT molecular complexity index is 834. The van der Waals surface area contributed by atoms with Crippen LogP contribution in [0.25, 0.3) is 0 Å². The fourth-order valence-corrected chi connectivity index (χ4v) is 2.65. The highest BCUT2D eigenvalue weighted by Gasteiger charge is 2.17. The standard InChI is InChI=1S/C18H18F3N3O2.HI/c1-22-18(23-7-11-4-14(19)2-3-16(11)21)24-8-12-5-15(20)6-13-9-25-10-26-17(12)13;/h2-6H,7-10H2,1H3,(H2,22,23,24);1H. The molecular formula is C18H19F3IN3O2. The Balaban J connectivity index is 0.00000261. The van der Waals surface area contributed by atoms with Crippen LogP contribution >= 0.6 is 24.0 Å². The molecule has 2 aromatic carbocycles. The van der Waals surface area contributed by atoms with Gasteiger partial charge in [-0.05, 0) is 30.3 Å². The van der Waals surface area contributed by atoms with Crippen molar-refractivity contribution in [2.24, 2.45) is 4.99 Å². The van der Waals surface area contributed by atoms with E-state index in [0.717, 1.165) is 18.2 Å². The number of fused-ring (bicyclic) bond motifs is 1. The van der Waals surface area contributed by atoms with E-state index in [1.807, 2.05) is 0 Å². The number of hydrogen-bond donors (Lipinski definition) is 2. The van der Waals surface area contributed by atoms with Gasteiger partial charge in [0.15, 0.2) is 12.8 Å². The fourth-order valence-electron chi connectivity index (χ4n) is 2.65. The highest BCUT2D eigenvalue weighted by Crippen LogP contribution is 2.29. The van der Waals surface area contributed by atoms with Gasteiger partial charge in [-0.3, -0.25) is 4.99 Å². The van der Waals surface area contributed by atoms with E-state index in [2.05, 4.69) is 15.6 Å². The quantitative estimate of drug-likeness (QED) is 0.390. The Morgan fingerprint density at radius 1 is 1.04 bits per heavy atom. The van der Waals surface area contributed by atoms with Crippen molar-refractivity contribution >= 4 is 29.9 Å². The monoisotopic (exact) mass is 493 g/mol. The number of ether oxygens (including phenoxy) is 2. The molecule has 0 amide bonds. The third kappa shape index (κ3) is 5.48. The van der Waals surface area contributed by atoms with Gasteiger partial charge in [0.05, 0.1) is 6.61 Å². The van der Waals surface area contributed by atoms with Crippen molar-refractivity contribution in [2.75, 3.05) is 13.8 Å². The first-order valence-electron chi connectivity index (χ1n) is 7.97. The summed E-state index contributed by atoms with van der Waals surface area (Å²) in [7, 11) is 1.54. The summed E-state index contributed by atoms with van der Waals surface area (Å²) in [6, 6.07) is 5.99. The molecule has 0 fully saturated rings. The van der Waals surface area contributed by atoms with Crippen molar-refractivity contribution in [3.8, 4) is 5.75 Å². The van der Waals surface area contributed by atoms with Crippen molar-refractivity contribution in [1.29, 1.82) is 0 Å². The van der Waals surface area contributed by atoms with Crippen LogP contribution in [0.3, 0.4) is 0 Å². The predicted molar refractivity (Wildman–Crippen MR) is 105 cm³/mol. The average molecular weight is 493 g/mol. The maximum Gasteiger partial charge on any atom is 0.191 e. The molecular weight excluding hydrogens is 474 g/mol. The molecule has 9 heteroatoms. The van der Waals surface area contributed by atoms with Gasteiger partial charge in [0, 0.05) is 36.8 Å². The van der Waals surface area contributed by atoms with E-state index in [9.17, 15) is 13.2 Å². The van der Waals surface area contributed by atoms with Crippen LogP contribution in [-0.4, -0.2) is 19.8 Å². The number of halogens is 4. The van der Waals surface area contributed by atoms with Crippen LogP contribution in [0.4, 0.5) is 13.2 Å². The number of nitrogens with zero attached hydrogens (tertiary/aromatic N) is 1. The molecule has 0 unspecified atom stereocenters. The van der Waals surface area contributed by atoms with Crippen LogP contribution in [0.5, 0.6) is 5.75 Å². The number of guanidine groups is 1. The molecule has 1 aliphatic heterocycles. The summed E-state index contributed by atoms with van der Waals surface area (Å²) >= 11 is 0. The van der Waals surface area contributed by atoms with Crippen molar-refractivity contribution < 1.29 is 22.6 Å². The Hall–Kier alpha value is -2.01. The summed E-state index contributed by atoms with van der Waals surface area (Å²) in [6.07, 6.45) is 0. The largest absolute Gasteiger partial charge is 0.467 e. The van der Waals surface area contributed by atoms with Gasteiger partial charge >= 0.3 is 0 Å². The first-order chi connectivity index (χ1) is 12.6. The van der Waals surface area contributed by atoms with Crippen LogP contribution in [0.1, 0.15) is 16.7 Å². The zero-order valence-corrected chi connectivity index (χ0v) is 16.9. The van der Waals surface area contributed by atoms with Gasteiger partial charge in [-0.25, -0.2) is 13.2 Å². The van der Waals surface area contributed by atoms with Crippen molar-refractivity contribution in [3.05, 3.63) is 64.5 Å². The average Bonchev–Trinajstić information content (AvgIpc) is 2.64. The second-order valence-corrected chi connectivity index (χ2v) is 5.68. The number of hydrogen-bond acceptors (Lipinski definition) is 3. The molecule has 3 rings (SSSR count). The van der Waals surface area contributed by atoms with E-state index in [0.29, 0.717) is 22.8 Å². The van der Waals surface area contributed by atoms with E-state index in [1.54, 1.807) is 7.05 Å². The molecule has 0 bridgehead atoms. The Morgan fingerprint density at radius 2 is 1.74 bits per heavy atom. The van der Waals surface area contributed by atoms with Gasteiger partial charge < -0.3 is 20.1 Å². The van der Waals surface area contributed by atoms with Crippen LogP contribution < -0.4 is 15.4 Å². The van der Waals surface area contributed by atoms with E-state index < -0.39 is 11.6 Å². The van der Waals surface area contributed by atoms with Crippen molar-refractivity contribution in [3.63, 3.8) is 0 Å². The second-order valence-electron chi connectivity index (χ2n) is 5.68. The van der Waals surface area contributed by atoms with Crippen LogP contribution in [0, 0.1) is 17.5 Å². The Kier molecular flexibility index (Phi) is 7.72. The minimum atomic E-state index is -0.517. The first kappa shape index (κ1) is 21.3. The molecule has 2 aromatic rings. The highest BCUT2D eigenvalue weighted by molar-refractivity contribution is 14.0. The second kappa shape index (κ2) is 9.79. The van der Waals surface area contributed by atoms with Gasteiger partial charge in [-0.15, -0.1) is 24.0 Å². The maximum absolute atomic E-state index is 13.8. The molecule has 0 radical (unpaired) electrons. The van der Waals surface area contributed by atoms with E-state index >= 15 is 0 Å². The van der Waals surface area contributed by atoms with Crippen molar-refractivity contribution in [1.82, 2.24) is 10.6 Å². The minimum absolute atomic E-state index is 0. The Labute approximate surface area is 172 Å². The summed E-state index contributed by atoms with van der Waals surface area (Å²) in [6.45, 7) is 0.684. The molecule has 5 nitrogen and oxygen atoms in total. The lowest BCUT2D eigenvalue weighted by atomic mass is 10.1. The van der Waals surface area contributed by atoms with E-state index in [1.165, 1.54) is 12.1 Å². The minimum Gasteiger partial charge on any atom is -0.467 e. The molecule has 0 atom stereocenters. The van der Waals surface area contributed by atoms with Crippen LogP contribution in [-0.2, 0) is 24.4 Å². The number of nitrogens with one attached hydrogen (secondary N) is 2. The first-order valence-corrected chi connectivity index (χ1v) is 7.97. The molecule has 1 aliphatic rings. The molecule has 146 valence electrons. The summed E-state index contributed by atoms with van der Waals surface area (Å²) in [5.74, 6) is -0.478. The molecule has 0 saturated heterocycles. The summed E-state index contributed by atoms with van der Waals surface area (Å²) in [5, 5.41) is 5.89. The molecule has 2 N–H and O–H groups in total. The molecule has 0 aromatic heterocycles. The van der Waals surface area contributed by atoms with E-state index in [-0.39, 0.29) is 61.8 Å². The molecule has 1 heterocycles. The smallest absolute Gasteiger partial charge is 0.191 e. The van der Waals surface area contributed by atoms with Gasteiger partial charge in [-0.1, -0.05) is 0 Å². The molecule has 0 saturated carbocycles.